The number of aryl methyl sites for hydroxylation is 1. The summed E-state index contributed by atoms with van der Waals surface area (Å²) in [5.74, 6) is -0.0734. The maximum Gasteiger partial charge on any atom is 0.278 e. The molecule has 0 radical (unpaired) electrons. The summed E-state index contributed by atoms with van der Waals surface area (Å²) in [5, 5.41) is 16.3. The van der Waals surface area contributed by atoms with Crippen LogP contribution in [0, 0.1) is 17.0 Å². The highest BCUT2D eigenvalue weighted by Gasteiger charge is 2.27. The molecule has 4 rings (SSSR count). The van der Waals surface area contributed by atoms with Crippen LogP contribution in [0.25, 0.3) is 10.8 Å². The van der Waals surface area contributed by atoms with E-state index >= 15 is 0 Å². The Balaban J connectivity index is 1.45. The molecule has 2 aromatic carbocycles. The predicted octanol–water partition coefficient (Wildman–Crippen LogP) is 4.25. The van der Waals surface area contributed by atoms with Crippen LogP contribution < -0.4 is 10.2 Å². The fourth-order valence-corrected chi connectivity index (χ4v) is 4.25. The number of fused-ring (bicyclic) bond motifs is 1. The molecule has 1 atom stereocenters. The molecule has 3 aromatic rings. The van der Waals surface area contributed by atoms with Crippen LogP contribution in [0.2, 0.25) is 5.02 Å². The van der Waals surface area contributed by atoms with E-state index in [4.69, 9.17) is 11.6 Å². The minimum atomic E-state index is -0.381. The monoisotopic (exact) mass is 453 g/mol. The van der Waals surface area contributed by atoms with Crippen LogP contribution in [-0.4, -0.2) is 52.9 Å². The Morgan fingerprint density at radius 2 is 1.91 bits per heavy atom. The molecule has 1 aliphatic rings. The lowest BCUT2D eigenvalue weighted by Gasteiger charge is -2.39. The van der Waals surface area contributed by atoms with E-state index in [1.807, 2.05) is 26.0 Å². The van der Waals surface area contributed by atoms with Crippen molar-refractivity contribution < 1.29 is 9.72 Å². The van der Waals surface area contributed by atoms with Gasteiger partial charge >= 0.3 is 0 Å². The smallest absolute Gasteiger partial charge is 0.278 e. The SMILES string of the molecule is Cc1ccc(Cl)cc1NC(=O)C(C)N1CCN(c2ccc([N+](=O)[O-])c3cnccc23)CC1. The molecule has 1 aromatic heterocycles. The highest BCUT2D eigenvalue weighted by atomic mass is 35.5. The maximum atomic E-state index is 12.8. The molecule has 1 unspecified atom stereocenters. The van der Waals surface area contributed by atoms with Crippen LogP contribution in [0.15, 0.2) is 48.8 Å². The Morgan fingerprint density at radius 1 is 1.16 bits per heavy atom. The van der Waals surface area contributed by atoms with E-state index in [0.29, 0.717) is 36.6 Å². The van der Waals surface area contributed by atoms with Gasteiger partial charge in [0, 0.05) is 66.4 Å². The molecule has 8 nitrogen and oxygen atoms in total. The summed E-state index contributed by atoms with van der Waals surface area (Å²) in [4.78, 5) is 32.2. The van der Waals surface area contributed by atoms with Crippen molar-refractivity contribution in [3.63, 3.8) is 0 Å². The molecule has 1 N–H and O–H groups in total. The number of non-ortho nitro benzene ring substituents is 1. The molecule has 1 aliphatic heterocycles. The quantitative estimate of drug-likeness (QED) is 0.458. The number of pyridine rings is 1. The van der Waals surface area contributed by atoms with Crippen LogP contribution in [0.5, 0.6) is 0 Å². The van der Waals surface area contributed by atoms with Crippen LogP contribution in [0.3, 0.4) is 0 Å². The summed E-state index contributed by atoms with van der Waals surface area (Å²) in [6.07, 6.45) is 3.19. The van der Waals surface area contributed by atoms with Crippen molar-refractivity contribution in [1.82, 2.24) is 9.88 Å². The summed E-state index contributed by atoms with van der Waals surface area (Å²) in [5.41, 5.74) is 2.68. The van der Waals surface area contributed by atoms with Crippen molar-refractivity contribution in [3.05, 3.63) is 69.5 Å². The first-order valence-corrected chi connectivity index (χ1v) is 10.8. The molecule has 2 heterocycles. The second-order valence-electron chi connectivity index (χ2n) is 7.93. The average molecular weight is 454 g/mol. The van der Waals surface area contributed by atoms with Gasteiger partial charge in [-0.25, -0.2) is 0 Å². The largest absolute Gasteiger partial charge is 0.368 e. The van der Waals surface area contributed by atoms with E-state index in [9.17, 15) is 14.9 Å². The number of piperazine rings is 1. The Hall–Kier alpha value is -3.23. The fourth-order valence-electron chi connectivity index (χ4n) is 4.08. The van der Waals surface area contributed by atoms with Crippen LogP contribution in [0.1, 0.15) is 12.5 Å². The lowest BCUT2D eigenvalue weighted by atomic mass is 10.1. The molecule has 9 heteroatoms. The molecule has 0 aliphatic carbocycles. The highest BCUT2D eigenvalue weighted by Crippen LogP contribution is 2.33. The van der Waals surface area contributed by atoms with Crippen LogP contribution in [-0.2, 0) is 4.79 Å². The number of nitro benzene ring substituents is 1. The number of benzene rings is 2. The normalized spacial score (nSPS) is 15.5. The van der Waals surface area contributed by atoms with Gasteiger partial charge in [0.25, 0.3) is 5.69 Å². The predicted molar refractivity (Wildman–Crippen MR) is 126 cm³/mol. The minimum Gasteiger partial charge on any atom is -0.368 e. The van der Waals surface area contributed by atoms with E-state index in [1.165, 1.54) is 12.3 Å². The molecule has 0 bridgehead atoms. The van der Waals surface area contributed by atoms with Gasteiger partial charge in [0.15, 0.2) is 0 Å². The van der Waals surface area contributed by atoms with Gasteiger partial charge in [-0.15, -0.1) is 0 Å². The first kappa shape index (κ1) is 22.0. The summed E-state index contributed by atoms with van der Waals surface area (Å²) in [7, 11) is 0. The number of anilines is 2. The van der Waals surface area contributed by atoms with Crippen molar-refractivity contribution in [2.75, 3.05) is 36.4 Å². The number of nitro groups is 1. The van der Waals surface area contributed by atoms with E-state index in [2.05, 4.69) is 20.1 Å². The highest BCUT2D eigenvalue weighted by molar-refractivity contribution is 6.31. The first-order valence-electron chi connectivity index (χ1n) is 10.4. The number of carbonyl (C=O) groups excluding carboxylic acids is 1. The van der Waals surface area contributed by atoms with Crippen LogP contribution >= 0.6 is 11.6 Å². The van der Waals surface area contributed by atoms with Crippen molar-refractivity contribution in [3.8, 4) is 0 Å². The molecule has 32 heavy (non-hydrogen) atoms. The Morgan fingerprint density at radius 3 is 2.62 bits per heavy atom. The zero-order valence-electron chi connectivity index (χ0n) is 17.9. The molecular weight excluding hydrogens is 430 g/mol. The lowest BCUT2D eigenvalue weighted by molar-refractivity contribution is -0.383. The van der Waals surface area contributed by atoms with Gasteiger partial charge in [-0.1, -0.05) is 17.7 Å². The van der Waals surface area contributed by atoms with Gasteiger partial charge in [-0.05, 0) is 43.7 Å². The van der Waals surface area contributed by atoms with E-state index in [0.717, 1.165) is 22.3 Å². The third kappa shape index (κ3) is 4.37. The first-order chi connectivity index (χ1) is 15.3. The lowest BCUT2D eigenvalue weighted by Crippen LogP contribution is -2.52. The number of nitrogens with zero attached hydrogens (tertiary/aromatic N) is 4. The molecule has 1 amide bonds. The van der Waals surface area contributed by atoms with Crippen LogP contribution in [0.4, 0.5) is 17.1 Å². The average Bonchev–Trinajstić information content (AvgIpc) is 2.80. The minimum absolute atomic E-state index is 0.0529. The summed E-state index contributed by atoms with van der Waals surface area (Å²) in [6.45, 7) is 6.66. The zero-order chi connectivity index (χ0) is 22.8. The number of nitrogens with one attached hydrogen (secondary N) is 1. The van der Waals surface area contributed by atoms with Crippen molar-refractivity contribution in [2.24, 2.45) is 0 Å². The topological polar surface area (TPSA) is 91.6 Å². The van der Waals surface area contributed by atoms with Crippen molar-refractivity contribution in [2.45, 2.75) is 19.9 Å². The summed E-state index contributed by atoms with van der Waals surface area (Å²) >= 11 is 6.06. The number of carbonyl (C=O) groups is 1. The zero-order valence-corrected chi connectivity index (χ0v) is 18.7. The number of hydrogen-bond donors (Lipinski definition) is 1. The Kier molecular flexibility index (Phi) is 6.25. The number of halogens is 1. The molecule has 0 spiro atoms. The molecule has 1 fully saturated rings. The molecule has 166 valence electrons. The third-order valence-corrected chi connectivity index (χ3v) is 6.24. The molecule has 0 saturated carbocycles. The number of rotatable bonds is 5. The summed E-state index contributed by atoms with van der Waals surface area (Å²) < 4.78 is 0. The number of aromatic nitrogens is 1. The van der Waals surface area contributed by atoms with Gasteiger partial charge in [-0.3, -0.25) is 24.8 Å². The van der Waals surface area contributed by atoms with E-state index < -0.39 is 0 Å². The standard InChI is InChI=1S/C23H24ClN5O3/c1-15-3-4-17(24)13-20(15)26-23(30)16(2)27-9-11-28(12-10-27)21-5-6-22(29(31)32)19-14-25-8-7-18(19)21/h3-8,13-14,16H,9-12H2,1-2H3,(H,26,30). The third-order valence-electron chi connectivity index (χ3n) is 6.01. The van der Waals surface area contributed by atoms with E-state index in [1.54, 1.807) is 24.4 Å². The molecular formula is C23H24ClN5O3. The van der Waals surface area contributed by atoms with E-state index in [-0.39, 0.29) is 22.6 Å². The second kappa shape index (κ2) is 9.10. The second-order valence-corrected chi connectivity index (χ2v) is 8.37. The van der Waals surface area contributed by atoms with Gasteiger partial charge in [0.05, 0.1) is 16.4 Å². The number of amides is 1. The summed E-state index contributed by atoms with van der Waals surface area (Å²) in [6, 6.07) is 10.3. The van der Waals surface area contributed by atoms with Gasteiger partial charge in [-0.2, -0.15) is 0 Å². The van der Waals surface area contributed by atoms with Crippen molar-refractivity contribution >= 4 is 45.3 Å². The van der Waals surface area contributed by atoms with Gasteiger partial charge < -0.3 is 10.2 Å². The number of hydrogen-bond acceptors (Lipinski definition) is 6. The van der Waals surface area contributed by atoms with Crippen molar-refractivity contribution in [1.29, 1.82) is 0 Å². The Labute approximate surface area is 190 Å². The fraction of sp³-hybridized carbons (Fsp3) is 0.304. The van der Waals surface area contributed by atoms with Gasteiger partial charge in [0.2, 0.25) is 5.91 Å². The maximum absolute atomic E-state index is 12.8. The Bertz CT molecular complexity index is 1180. The molecule has 1 saturated heterocycles. The van der Waals surface area contributed by atoms with Gasteiger partial charge in [0.1, 0.15) is 0 Å².